The summed E-state index contributed by atoms with van der Waals surface area (Å²) < 4.78 is 49.8. The Morgan fingerprint density at radius 2 is 1.73 bits per heavy atom. The maximum absolute atomic E-state index is 13.2. The van der Waals surface area contributed by atoms with Crippen molar-refractivity contribution in [3.8, 4) is 0 Å². The SMILES string of the molecule is CC.CC(=O)/C=C(\N(N)C(C)=O)C(F)(F)F.Cc1cc(SC(C=O)CC(C)C)c(Cl)cc1F. The molecule has 0 radical (unpaired) electrons. The highest BCUT2D eigenvalue weighted by Crippen LogP contribution is 2.34. The molecule has 0 saturated heterocycles. The zero-order valence-electron chi connectivity index (χ0n) is 19.7. The van der Waals surface area contributed by atoms with Gasteiger partial charge in [-0.3, -0.25) is 9.59 Å². The zero-order valence-corrected chi connectivity index (χ0v) is 21.3. The summed E-state index contributed by atoms with van der Waals surface area (Å²) in [5.41, 5.74) is -0.927. The number of amides is 1. The van der Waals surface area contributed by atoms with Crippen LogP contribution in [0.5, 0.6) is 0 Å². The van der Waals surface area contributed by atoms with E-state index in [0.717, 1.165) is 31.4 Å². The summed E-state index contributed by atoms with van der Waals surface area (Å²) in [6, 6.07) is 3.00. The van der Waals surface area contributed by atoms with Crippen LogP contribution in [0.3, 0.4) is 0 Å². The fourth-order valence-corrected chi connectivity index (χ4v) is 3.69. The minimum atomic E-state index is -4.83. The van der Waals surface area contributed by atoms with Gasteiger partial charge in [-0.2, -0.15) is 13.2 Å². The van der Waals surface area contributed by atoms with Gasteiger partial charge in [0.2, 0.25) is 5.91 Å². The standard InChI is InChI=1S/C13H16ClFOS.C7H9F3N2O2.C2H6/c1-8(2)4-10(7-16)17-13-5-9(3)12(15)6-11(13)14;1-4(13)3-6(7(8,9)10)12(11)5(2)14;1-2/h5-8,10H,4H2,1-3H3;3H,11H2,1-2H3;1-2H3/b;6-3-;. The van der Waals surface area contributed by atoms with Crippen molar-refractivity contribution in [1.82, 2.24) is 5.01 Å². The van der Waals surface area contributed by atoms with Crippen molar-refractivity contribution in [2.45, 2.75) is 71.2 Å². The normalized spacial score (nSPS) is 12.1. The van der Waals surface area contributed by atoms with Gasteiger partial charge in [-0.1, -0.05) is 39.3 Å². The van der Waals surface area contributed by atoms with Gasteiger partial charge in [0.05, 0.1) is 10.3 Å². The first-order chi connectivity index (χ1) is 15.1. The first-order valence-electron chi connectivity index (χ1n) is 10.0. The average Bonchev–Trinajstić information content (AvgIpc) is 2.69. The Morgan fingerprint density at radius 1 is 1.21 bits per heavy atom. The summed E-state index contributed by atoms with van der Waals surface area (Å²) in [5, 5.41) is 0.132. The second-order valence-electron chi connectivity index (χ2n) is 6.98. The number of nitrogens with zero attached hydrogens (tertiary/aromatic N) is 1. The molecule has 1 amide bonds. The minimum Gasteiger partial charge on any atom is -0.302 e. The summed E-state index contributed by atoms with van der Waals surface area (Å²) in [6.45, 7) is 11.6. The molecule has 0 fully saturated rings. The highest BCUT2D eigenvalue weighted by atomic mass is 35.5. The number of aryl methyl sites for hydroxylation is 1. The first-order valence-corrected chi connectivity index (χ1v) is 11.3. The van der Waals surface area contributed by atoms with Crippen molar-refractivity contribution >= 4 is 41.3 Å². The van der Waals surface area contributed by atoms with E-state index in [2.05, 4.69) is 13.8 Å². The van der Waals surface area contributed by atoms with Crippen LogP contribution in [0, 0.1) is 18.7 Å². The fraction of sp³-hybridized carbons (Fsp3) is 0.500. The third-order valence-corrected chi connectivity index (χ3v) is 5.20. The molecule has 0 aliphatic rings. The molecule has 188 valence electrons. The molecule has 0 aliphatic heterocycles. The van der Waals surface area contributed by atoms with Crippen molar-refractivity contribution in [2.24, 2.45) is 11.8 Å². The molecule has 2 N–H and O–H groups in total. The van der Waals surface area contributed by atoms with Crippen LogP contribution < -0.4 is 5.84 Å². The Hall–Kier alpha value is -1.91. The van der Waals surface area contributed by atoms with E-state index >= 15 is 0 Å². The predicted molar refractivity (Wildman–Crippen MR) is 124 cm³/mol. The van der Waals surface area contributed by atoms with E-state index in [1.54, 1.807) is 13.0 Å². The lowest BCUT2D eigenvalue weighted by molar-refractivity contribution is -0.141. The lowest BCUT2D eigenvalue weighted by atomic mass is 10.1. The highest BCUT2D eigenvalue weighted by Gasteiger charge is 2.38. The predicted octanol–water partition coefficient (Wildman–Crippen LogP) is 6.26. The molecule has 1 aromatic carbocycles. The Balaban J connectivity index is 0. The summed E-state index contributed by atoms with van der Waals surface area (Å²) in [6.07, 6.45) is -2.84. The number of carbonyl (C=O) groups excluding carboxylic acids is 3. The number of alkyl halides is 3. The number of carbonyl (C=O) groups is 3. The van der Waals surface area contributed by atoms with Crippen LogP contribution in [-0.4, -0.2) is 34.4 Å². The van der Waals surface area contributed by atoms with Gasteiger partial charge in [0.1, 0.15) is 17.8 Å². The smallest absolute Gasteiger partial charge is 0.302 e. The summed E-state index contributed by atoms with van der Waals surface area (Å²) in [5.74, 6) is 3.12. The topological polar surface area (TPSA) is 80.5 Å². The van der Waals surface area contributed by atoms with Crippen LogP contribution in [0.25, 0.3) is 0 Å². The van der Waals surface area contributed by atoms with Gasteiger partial charge in [-0.25, -0.2) is 15.2 Å². The van der Waals surface area contributed by atoms with Crippen LogP contribution in [0.2, 0.25) is 5.02 Å². The minimum absolute atomic E-state index is 0.110. The van der Waals surface area contributed by atoms with Gasteiger partial charge in [0.15, 0.2) is 5.78 Å². The quantitative estimate of drug-likeness (QED) is 0.0882. The number of hydrazine groups is 1. The monoisotopic (exact) mass is 514 g/mol. The van der Waals surface area contributed by atoms with Gasteiger partial charge in [-0.15, -0.1) is 11.8 Å². The van der Waals surface area contributed by atoms with E-state index < -0.39 is 23.6 Å². The van der Waals surface area contributed by atoms with Crippen LogP contribution in [0.1, 0.15) is 53.5 Å². The van der Waals surface area contributed by atoms with Crippen LogP contribution >= 0.6 is 23.4 Å². The summed E-state index contributed by atoms with van der Waals surface area (Å²) in [4.78, 5) is 32.8. The maximum atomic E-state index is 13.2. The molecule has 5 nitrogen and oxygen atoms in total. The van der Waals surface area contributed by atoms with E-state index in [0.29, 0.717) is 16.5 Å². The fourth-order valence-electron chi connectivity index (χ4n) is 2.13. The zero-order chi connectivity index (χ0) is 26.5. The van der Waals surface area contributed by atoms with Gasteiger partial charge in [0, 0.05) is 17.9 Å². The molecule has 33 heavy (non-hydrogen) atoms. The Labute approximate surface area is 201 Å². The van der Waals surface area contributed by atoms with Gasteiger partial charge in [0.25, 0.3) is 0 Å². The van der Waals surface area contributed by atoms with E-state index in [9.17, 15) is 31.9 Å². The van der Waals surface area contributed by atoms with Crippen molar-refractivity contribution in [3.05, 3.63) is 40.3 Å². The Kier molecular flexibility index (Phi) is 16.0. The number of thioether (sulfide) groups is 1. The number of hydrogen-bond acceptors (Lipinski definition) is 5. The van der Waals surface area contributed by atoms with Crippen molar-refractivity contribution in [1.29, 1.82) is 0 Å². The number of hydrogen-bond donors (Lipinski definition) is 1. The lowest BCUT2D eigenvalue weighted by Crippen LogP contribution is -2.40. The molecule has 1 unspecified atom stereocenters. The van der Waals surface area contributed by atoms with Crippen LogP contribution in [0.15, 0.2) is 28.8 Å². The molecule has 0 spiro atoms. The molecular formula is C22H31ClF4N2O3S. The first kappa shape index (κ1) is 33.3. The number of aldehydes is 1. The van der Waals surface area contributed by atoms with Crippen LogP contribution in [0.4, 0.5) is 17.6 Å². The third-order valence-electron chi connectivity index (χ3n) is 3.58. The maximum Gasteiger partial charge on any atom is 0.433 e. The molecule has 0 aliphatic carbocycles. The van der Waals surface area contributed by atoms with Gasteiger partial charge < -0.3 is 4.79 Å². The molecule has 1 rings (SSSR count). The van der Waals surface area contributed by atoms with Gasteiger partial charge in [-0.05, 0) is 43.9 Å². The van der Waals surface area contributed by atoms with E-state index in [1.165, 1.54) is 17.8 Å². The molecule has 0 saturated carbocycles. The van der Waals surface area contributed by atoms with Gasteiger partial charge >= 0.3 is 6.18 Å². The second-order valence-corrected chi connectivity index (χ2v) is 8.67. The number of benzene rings is 1. The number of rotatable bonds is 7. The molecule has 0 bridgehead atoms. The molecule has 0 heterocycles. The molecule has 1 atom stereocenters. The van der Waals surface area contributed by atoms with Crippen molar-refractivity contribution < 1.29 is 31.9 Å². The van der Waals surface area contributed by atoms with Crippen LogP contribution in [-0.2, 0) is 14.4 Å². The highest BCUT2D eigenvalue weighted by molar-refractivity contribution is 8.00. The molecule has 1 aromatic rings. The summed E-state index contributed by atoms with van der Waals surface area (Å²) >= 11 is 7.36. The van der Waals surface area contributed by atoms with Crippen molar-refractivity contribution in [3.63, 3.8) is 0 Å². The van der Waals surface area contributed by atoms with Crippen molar-refractivity contribution in [2.75, 3.05) is 0 Å². The number of halogens is 5. The summed E-state index contributed by atoms with van der Waals surface area (Å²) in [7, 11) is 0. The Morgan fingerprint density at radius 3 is 2.09 bits per heavy atom. The Bertz CT molecular complexity index is 831. The second kappa shape index (κ2) is 15.8. The average molecular weight is 515 g/mol. The lowest BCUT2D eigenvalue weighted by Gasteiger charge is -2.20. The number of nitrogens with two attached hydrogens (primary N) is 1. The molecule has 0 aromatic heterocycles. The largest absolute Gasteiger partial charge is 0.433 e. The third kappa shape index (κ3) is 13.4. The van der Waals surface area contributed by atoms with E-state index in [-0.39, 0.29) is 22.2 Å². The molecule has 11 heteroatoms. The van der Waals surface area contributed by atoms with E-state index in [1.807, 2.05) is 13.8 Å². The van der Waals surface area contributed by atoms with E-state index in [4.69, 9.17) is 17.4 Å². The molecular weight excluding hydrogens is 484 g/mol. The number of ketones is 1. The number of allylic oxidation sites excluding steroid dienone is 2.